The van der Waals surface area contributed by atoms with Gasteiger partial charge in [0.1, 0.15) is 12.4 Å². The first kappa shape index (κ1) is 19.1. The molecule has 0 aliphatic heterocycles. The van der Waals surface area contributed by atoms with Gasteiger partial charge in [-0.1, -0.05) is 23.7 Å². The Kier molecular flexibility index (Phi) is 7.68. The van der Waals surface area contributed by atoms with Crippen molar-refractivity contribution in [3.8, 4) is 5.75 Å². The number of nitrogens with one attached hydrogen (secondary N) is 3. The van der Waals surface area contributed by atoms with Crippen molar-refractivity contribution >= 4 is 23.5 Å². The van der Waals surface area contributed by atoms with E-state index in [4.69, 9.17) is 16.3 Å². The van der Waals surface area contributed by atoms with Crippen LogP contribution in [0.5, 0.6) is 5.75 Å². The van der Waals surface area contributed by atoms with Crippen LogP contribution in [0.25, 0.3) is 0 Å². The molecule has 0 heterocycles. The van der Waals surface area contributed by atoms with E-state index >= 15 is 0 Å². The van der Waals surface area contributed by atoms with Gasteiger partial charge in [0, 0.05) is 12.6 Å². The second-order valence-electron chi connectivity index (χ2n) is 5.93. The predicted molar refractivity (Wildman–Crippen MR) is 94.2 cm³/mol. The number of benzene rings is 1. The minimum absolute atomic E-state index is 0.0900. The standard InChI is InChI=1S/C16H25ClN4O2/c1-16(2,3)21-14(22)11-20-15(18-4)19-9-10-23-13-8-6-5-7-12(13)17/h5-8H,9-11H2,1-4H3,(H,21,22)(H2,18,19,20). The number of guanidine groups is 1. The molecule has 6 nitrogen and oxygen atoms in total. The molecule has 3 N–H and O–H groups in total. The fourth-order valence-corrected chi connectivity index (χ4v) is 1.93. The number of hydrogen-bond donors (Lipinski definition) is 3. The third kappa shape index (κ3) is 8.30. The first-order valence-electron chi connectivity index (χ1n) is 7.44. The number of rotatable bonds is 6. The molecular formula is C16H25ClN4O2. The molecule has 23 heavy (non-hydrogen) atoms. The monoisotopic (exact) mass is 340 g/mol. The zero-order chi connectivity index (χ0) is 17.3. The topological polar surface area (TPSA) is 74.8 Å². The average molecular weight is 341 g/mol. The summed E-state index contributed by atoms with van der Waals surface area (Å²) in [7, 11) is 1.64. The van der Waals surface area contributed by atoms with E-state index in [1.165, 1.54) is 0 Å². The Morgan fingerprint density at radius 2 is 1.96 bits per heavy atom. The molecule has 1 amide bonds. The molecule has 1 aromatic rings. The highest BCUT2D eigenvalue weighted by Gasteiger charge is 2.13. The number of halogens is 1. The van der Waals surface area contributed by atoms with Crippen LogP contribution in [0.2, 0.25) is 5.02 Å². The van der Waals surface area contributed by atoms with Crippen molar-refractivity contribution in [3.05, 3.63) is 29.3 Å². The molecule has 0 atom stereocenters. The van der Waals surface area contributed by atoms with E-state index in [0.29, 0.717) is 29.9 Å². The zero-order valence-corrected chi connectivity index (χ0v) is 14.8. The number of amides is 1. The Bertz CT molecular complexity index is 541. The van der Waals surface area contributed by atoms with Gasteiger partial charge < -0.3 is 20.7 Å². The van der Waals surface area contributed by atoms with Gasteiger partial charge in [-0.05, 0) is 32.9 Å². The molecule has 0 spiro atoms. The van der Waals surface area contributed by atoms with Gasteiger partial charge in [0.15, 0.2) is 5.96 Å². The quantitative estimate of drug-likeness (QED) is 0.419. The van der Waals surface area contributed by atoms with Crippen LogP contribution in [-0.2, 0) is 4.79 Å². The van der Waals surface area contributed by atoms with Gasteiger partial charge in [0.05, 0.1) is 18.1 Å². The highest BCUT2D eigenvalue weighted by molar-refractivity contribution is 6.32. The lowest BCUT2D eigenvalue weighted by atomic mass is 10.1. The van der Waals surface area contributed by atoms with Crippen molar-refractivity contribution in [2.75, 3.05) is 26.7 Å². The summed E-state index contributed by atoms with van der Waals surface area (Å²) < 4.78 is 5.57. The van der Waals surface area contributed by atoms with Crippen LogP contribution in [0.1, 0.15) is 20.8 Å². The first-order valence-corrected chi connectivity index (χ1v) is 7.82. The minimum atomic E-state index is -0.251. The van der Waals surface area contributed by atoms with Crippen molar-refractivity contribution < 1.29 is 9.53 Å². The van der Waals surface area contributed by atoms with Crippen LogP contribution >= 0.6 is 11.6 Å². The Balaban J connectivity index is 2.27. The molecular weight excluding hydrogens is 316 g/mol. The zero-order valence-electron chi connectivity index (χ0n) is 14.1. The molecule has 1 rings (SSSR count). The molecule has 0 bridgehead atoms. The molecule has 0 saturated carbocycles. The summed E-state index contributed by atoms with van der Waals surface area (Å²) in [4.78, 5) is 15.8. The van der Waals surface area contributed by atoms with Crippen molar-refractivity contribution in [1.29, 1.82) is 0 Å². The largest absolute Gasteiger partial charge is 0.490 e. The highest BCUT2D eigenvalue weighted by Crippen LogP contribution is 2.22. The number of carbonyl (C=O) groups excluding carboxylic acids is 1. The number of nitrogens with zero attached hydrogens (tertiary/aromatic N) is 1. The van der Waals surface area contributed by atoms with E-state index in [-0.39, 0.29) is 18.0 Å². The number of ether oxygens (including phenoxy) is 1. The third-order valence-corrected chi connectivity index (χ3v) is 2.96. The number of aliphatic imine (C=N–C) groups is 1. The summed E-state index contributed by atoms with van der Waals surface area (Å²) in [6, 6.07) is 7.30. The van der Waals surface area contributed by atoms with Crippen molar-refractivity contribution in [2.24, 2.45) is 4.99 Å². The molecule has 7 heteroatoms. The van der Waals surface area contributed by atoms with Gasteiger partial charge in [0.25, 0.3) is 0 Å². The Labute approximate surface area is 142 Å². The molecule has 0 aliphatic rings. The van der Waals surface area contributed by atoms with Crippen LogP contribution in [0, 0.1) is 0 Å². The first-order chi connectivity index (χ1) is 10.8. The van der Waals surface area contributed by atoms with E-state index in [0.717, 1.165) is 0 Å². The van der Waals surface area contributed by atoms with Gasteiger partial charge in [-0.25, -0.2) is 0 Å². The van der Waals surface area contributed by atoms with Crippen molar-refractivity contribution in [3.63, 3.8) is 0 Å². The lowest BCUT2D eigenvalue weighted by molar-refractivity contribution is -0.121. The molecule has 0 aromatic heterocycles. The van der Waals surface area contributed by atoms with Gasteiger partial charge >= 0.3 is 0 Å². The molecule has 0 radical (unpaired) electrons. The SMILES string of the molecule is CN=C(NCCOc1ccccc1Cl)NCC(=O)NC(C)(C)C. The maximum atomic E-state index is 11.7. The van der Waals surface area contributed by atoms with Crippen LogP contribution < -0.4 is 20.7 Å². The molecule has 1 aromatic carbocycles. The van der Waals surface area contributed by atoms with Crippen LogP contribution in [0.4, 0.5) is 0 Å². The Morgan fingerprint density at radius 3 is 2.57 bits per heavy atom. The molecule has 0 fully saturated rings. The fraction of sp³-hybridized carbons (Fsp3) is 0.500. The van der Waals surface area contributed by atoms with E-state index in [1.807, 2.05) is 39.0 Å². The lowest BCUT2D eigenvalue weighted by Gasteiger charge is -2.21. The lowest BCUT2D eigenvalue weighted by Crippen LogP contribution is -2.48. The highest BCUT2D eigenvalue weighted by atomic mass is 35.5. The molecule has 0 saturated heterocycles. The van der Waals surface area contributed by atoms with E-state index < -0.39 is 0 Å². The molecule has 0 unspecified atom stereocenters. The number of hydrogen-bond acceptors (Lipinski definition) is 3. The van der Waals surface area contributed by atoms with E-state index in [2.05, 4.69) is 20.9 Å². The second-order valence-corrected chi connectivity index (χ2v) is 6.34. The van der Waals surface area contributed by atoms with E-state index in [9.17, 15) is 4.79 Å². The average Bonchev–Trinajstić information content (AvgIpc) is 2.46. The molecule has 128 valence electrons. The van der Waals surface area contributed by atoms with Gasteiger partial charge in [-0.2, -0.15) is 0 Å². The van der Waals surface area contributed by atoms with Gasteiger partial charge in [-0.3, -0.25) is 9.79 Å². The van der Waals surface area contributed by atoms with Crippen LogP contribution in [0.3, 0.4) is 0 Å². The normalized spacial score (nSPS) is 11.8. The minimum Gasteiger partial charge on any atom is -0.490 e. The summed E-state index contributed by atoms with van der Waals surface area (Å²) in [5.74, 6) is 1.09. The number of para-hydroxylation sites is 1. The summed E-state index contributed by atoms with van der Waals surface area (Å²) in [6.45, 7) is 6.92. The predicted octanol–water partition coefficient (Wildman–Crippen LogP) is 1.80. The Morgan fingerprint density at radius 1 is 1.26 bits per heavy atom. The van der Waals surface area contributed by atoms with Crippen LogP contribution in [-0.4, -0.2) is 44.1 Å². The second kappa shape index (κ2) is 9.25. The van der Waals surface area contributed by atoms with Crippen LogP contribution in [0.15, 0.2) is 29.3 Å². The fourth-order valence-electron chi connectivity index (χ4n) is 1.74. The van der Waals surface area contributed by atoms with E-state index in [1.54, 1.807) is 13.1 Å². The maximum Gasteiger partial charge on any atom is 0.239 e. The third-order valence-electron chi connectivity index (χ3n) is 2.64. The summed E-state index contributed by atoms with van der Waals surface area (Å²) >= 11 is 6.00. The van der Waals surface area contributed by atoms with Crippen molar-refractivity contribution in [2.45, 2.75) is 26.3 Å². The number of carbonyl (C=O) groups is 1. The van der Waals surface area contributed by atoms with Crippen molar-refractivity contribution in [1.82, 2.24) is 16.0 Å². The summed E-state index contributed by atoms with van der Waals surface area (Å²) in [5.41, 5.74) is -0.251. The molecule has 0 aliphatic carbocycles. The summed E-state index contributed by atoms with van der Waals surface area (Å²) in [5, 5.41) is 9.46. The maximum absolute atomic E-state index is 11.7. The smallest absolute Gasteiger partial charge is 0.239 e. The summed E-state index contributed by atoms with van der Waals surface area (Å²) in [6.07, 6.45) is 0. The van der Waals surface area contributed by atoms with Gasteiger partial charge in [0.2, 0.25) is 5.91 Å². The van der Waals surface area contributed by atoms with Gasteiger partial charge in [-0.15, -0.1) is 0 Å². The Hall–Kier alpha value is -1.95.